The Kier molecular flexibility index (Phi) is 5.28. The van der Waals surface area contributed by atoms with Crippen LogP contribution in [0.2, 0.25) is 0 Å². The van der Waals surface area contributed by atoms with Crippen LogP contribution >= 0.6 is 11.8 Å². The van der Waals surface area contributed by atoms with E-state index in [2.05, 4.69) is 11.8 Å². The molecule has 0 aliphatic carbocycles. The van der Waals surface area contributed by atoms with Crippen molar-refractivity contribution in [1.29, 1.82) is 0 Å². The number of carbonyl (C=O) groups is 2. The van der Waals surface area contributed by atoms with E-state index < -0.39 is 0 Å². The molecule has 1 N–H and O–H groups in total. The lowest BCUT2D eigenvalue weighted by atomic mass is 10.1. The lowest BCUT2D eigenvalue weighted by Crippen LogP contribution is -1.92. The Balaban J connectivity index is 2.99. The molecular formula is C13H12O4S. The van der Waals surface area contributed by atoms with Crippen LogP contribution in [0.3, 0.4) is 0 Å². The van der Waals surface area contributed by atoms with Crippen molar-refractivity contribution in [2.24, 2.45) is 0 Å². The monoisotopic (exact) mass is 264 g/mol. The van der Waals surface area contributed by atoms with E-state index in [9.17, 15) is 14.7 Å². The van der Waals surface area contributed by atoms with Crippen molar-refractivity contribution in [3.8, 4) is 23.3 Å². The van der Waals surface area contributed by atoms with Crippen molar-refractivity contribution < 1.29 is 19.4 Å². The average molecular weight is 264 g/mol. The molecule has 0 saturated carbocycles. The molecule has 0 aromatic heterocycles. The lowest BCUT2D eigenvalue weighted by molar-refractivity contribution is -0.109. The van der Waals surface area contributed by atoms with Crippen molar-refractivity contribution in [2.75, 3.05) is 12.9 Å². The summed E-state index contributed by atoms with van der Waals surface area (Å²) in [4.78, 5) is 21.6. The molecule has 0 unspecified atom stereocenters. The molecule has 1 rings (SSSR count). The highest BCUT2D eigenvalue weighted by molar-refractivity contribution is 8.13. The Morgan fingerprint density at radius 3 is 2.83 bits per heavy atom. The minimum absolute atomic E-state index is 0.0109. The van der Waals surface area contributed by atoms with Gasteiger partial charge in [0, 0.05) is 24.1 Å². The zero-order valence-electron chi connectivity index (χ0n) is 10.0. The van der Waals surface area contributed by atoms with Crippen LogP contribution in [0.4, 0.5) is 0 Å². The number of methoxy groups -OCH3 is 1. The summed E-state index contributed by atoms with van der Waals surface area (Å²) in [5.41, 5.74) is 0.748. The summed E-state index contributed by atoms with van der Waals surface area (Å²) in [7, 11) is 1.42. The summed E-state index contributed by atoms with van der Waals surface area (Å²) >= 11 is 1.10. The van der Waals surface area contributed by atoms with E-state index in [1.807, 2.05) is 0 Å². The topological polar surface area (TPSA) is 63.6 Å². The van der Waals surface area contributed by atoms with Gasteiger partial charge in [-0.1, -0.05) is 23.6 Å². The third-order valence-electron chi connectivity index (χ3n) is 2.05. The van der Waals surface area contributed by atoms with E-state index in [4.69, 9.17) is 4.74 Å². The molecule has 18 heavy (non-hydrogen) atoms. The fourth-order valence-corrected chi connectivity index (χ4v) is 1.57. The average Bonchev–Trinajstić information content (AvgIpc) is 2.35. The molecule has 4 nitrogen and oxygen atoms in total. The van der Waals surface area contributed by atoms with Gasteiger partial charge in [-0.25, -0.2) is 0 Å². The Labute approximate surface area is 109 Å². The number of ether oxygens (including phenoxy) is 1. The van der Waals surface area contributed by atoms with E-state index in [-0.39, 0.29) is 22.2 Å². The van der Waals surface area contributed by atoms with Gasteiger partial charge in [0.2, 0.25) is 0 Å². The summed E-state index contributed by atoms with van der Waals surface area (Å²) in [6.45, 7) is 1.47. The molecule has 0 fully saturated rings. The van der Waals surface area contributed by atoms with Crippen LogP contribution in [0.1, 0.15) is 22.8 Å². The number of hydrogen-bond donors (Lipinski definition) is 1. The van der Waals surface area contributed by atoms with Crippen LogP contribution in [-0.2, 0) is 4.79 Å². The molecule has 0 amide bonds. The molecule has 0 aliphatic heterocycles. The third-order valence-corrected chi connectivity index (χ3v) is 2.74. The van der Waals surface area contributed by atoms with E-state index in [1.54, 1.807) is 0 Å². The number of phenols is 1. The fourth-order valence-electron chi connectivity index (χ4n) is 1.22. The SMILES string of the molecule is COc1cc(C#CCSC(C)=O)c(C=O)cc1O. The Morgan fingerprint density at radius 2 is 2.28 bits per heavy atom. The molecule has 0 aliphatic rings. The van der Waals surface area contributed by atoms with Crippen molar-refractivity contribution in [3.63, 3.8) is 0 Å². The smallest absolute Gasteiger partial charge is 0.186 e. The number of aromatic hydroxyl groups is 1. The summed E-state index contributed by atoms with van der Waals surface area (Å²) in [6.07, 6.45) is 0.612. The molecule has 94 valence electrons. The Morgan fingerprint density at radius 1 is 1.56 bits per heavy atom. The zero-order chi connectivity index (χ0) is 13.5. The molecule has 5 heteroatoms. The van der Waals surface area contributed by atoms with Gasteiger partial charge in [0.05, 0.1) is 12.9 Å². The highest BCUT2D eigenvalue weighted by Gasteiger charge is 2.07. The second-order valence-electron chi connectivity index (χ2n) is 3.31. The first-order valence-corrected chi connectivity index (χ1v) is 6.05. The van der Waals surface area contributed by atoms with Crippen LogP contribution in [0.5, 0.6) is 11.5 Å². The van der Waals surface area contributed by atoms with Gasteiger partial charge >= 0.3 is 0 Å². The van der Waals surface area contributed by atoms with Gasteiger partial charge in [0.15, 0.2) is 22.9 Å². The fraction of sp³-hybridized carbons (Fsp3) is 0.231. The van der Waals surface area contributed by atoms with Crippen molar-refractivity contribution in [2.45, 2.75) is 6.92 Å². The summed E-state index contributed by atoms with van der Waals surface area (Å²) in [5, 5.41) is 9.50. The van der Waals surface area contributed by atoms with E-state index >= 15 is 0 Å². The first-order valence-electron chi connectivity index (χ1n) is 5.07. The van der Waals surface area contributed by atoms with E-state index in [1.165, 1.54) is 26.2 Å². The normalized spacial score (nSPS) is 9.22. The van der Waals surface area contributed by atoms with E-state index in [0.29, 0.717) is 17.6 Å². The predicted molar refractivity (Wildman–Crippen MR) is 70.1 cm³/mol. The largest absolute Gasteiger partial charge is 0.504 e. The maximum Gasteiger partial charge on any atom is 0.186 e. The molecule has 0 radical (unpaired) electrons. The molecule has 0 atom stereocenters. The van der Waals surface area contributed by atoms with Gasteiger partial charge in [0.25, 0.3) is 0 Å². The molecule has 1 aromatic rings. The molecule has 1 aromatic carbocycles. The molecule has 0 spiro atoms. The molecular weight excluding hydrogens is 252 g/mol. The number of thioether (sulfide) groups is 1. The second kappa shape index (κ2) is 6.72. The second-order valence-corrected chi connectivity index (χ2v) is 4.46. The molecule has 0 saturated heterocycles. The van der Waals surface area contributed by atoms with Crippen molar-refractivity contribution in [1.82, 2.24) is 0 Å². The summed E-state index contributed by atoms with van der Waals surface area (Å²) in [6, 6.07) is 2.79. The maximum atomic E-state index is 10.8. The number of aldehydes is 1. The van der Waals surface area contributed by atoms with Gasteiger partial charge in [-0.2, -0.15) is 0 Å². The quantitative estimate of drug-likeness (QED) is 0.666. The number of hydrogen-bond acceptors (Lipinski definition) is 5. The van der Waals surface area contributed by atoms with Gasteiger partial charge in [-0.05, 0) is 6.07 Å². The highest BCUT2D eigenvalue weighted by Crippen LogP contribution is 2.28. The van der Waals surface area contributed by atoms with Gasteiger partial charge in [0.1, 0.15) is 0 Å². The Bertz CT molecular complexity index is 526. The van der Waals surface area contributed by atoms with Crippen LogP contribution in [-0.4, -0.2) is 29.4 Å². The van der Waals surface area contributed by atoms with Crippen molar-refractivity contribution >= 4 is 23.2 Å². The standard InChI is InChI=1S/C13H12O4S/c1-9(15)18-5-3-4-10-7-13(17-2)12(16)6-11(10)8-14/h6-8,16H,5H2,1-2H3. The number of rotatable bonds is 3. The zero-order valence-corrected chi connectivity index (χ0v) is 10.8. The molecule has 0 bridgehead atoms. The van der Waals surface area contributed by atoms with Gasteiger partial charge in [-0.15, -0.1) is 0 Å². The first kappa shape index (κ1) is 14.1. The number of benzene rings is 1. The first-order chi connectivity index (χ1) is 8.58. The summed E-state index contributed by atoms with van der Waals surface area (Å²) in [5.74, 6) is 6.05. The summed E-state index contributed by atoms with van der Waals surface area (Å²) < 4.78 is 4.94. The lowest BCUT2D eigenvalue weighted by Gasteiger charge is -2.05. The maximum absolute atomic E-state index is 10.8. The third kappa shape index (κ3) is 3.82. The number of carbonyl (C=O) groups excluding carboxylic acids is 2. The Hall–Kier alpha value is -1.93. The molecule has 0 heterocycles. The van der Waals surface area contributed by atoms with Gasteiger partial charge < -0.3 is 9.84 Å². The van der Waals surface area contributed by atoms with Crippen LogP contribution in [0.25, 0.3) is 0 Å². The van der Waals surface area contributed by atoms with Crippen molar-refractivity contribution in [3.05, 3.63) is 23.3 Å². The van der Waals surface area contributed by atoms with Gasteiger partial charge in [-0.3, -0.25) is 9.59 Å². The minimum atomic E-state index is -0.108. The minimum Gasteiger partial charge on any atom is -0.504 e. The number of phenolic OH excluding ortho intramolecular Hbond substituents is 1. The van der Waals surface area contributed by atoms with E-state index in [0.717, 1.165) is 11.8 Å². The predicted octanol–water partition coefficient (Wildman–Crippen LogP) is 1.84. The van der Waals surface area contributed by atoms with Crippen LogP contribution < -0.4 is 4.74 Å². The highest BCUT2D eigenvalue weighted by atomic mass is 32.2. The van der Waals surface area contributed by atoms with Crippen LogP contribution in [0.15, 0.2) is 12.1 Å². The van der Waals surface area contributed by atoms with Crippen LogP contribution in [0, 0.1) is 11.8 Å².